The van der Waals surface area contributed by atoms with E-state index in [4.69, 9.17) is 18.6 Å². The number of hydrogen-bond donors (Lipinski definition) is 0. The van der Waals surface area contributed by atoms with Gasteiger partial charge in [-0.3, -0.25) is 4.90 Å². The maximum Gasteiger partial charge on any atom is 0.226 e. The molecule has 22 heavy (non-hydrogen) atoms. The number of benzene rings is 1. The molecule has 6 heteroatoms. The molecule has 0 aliphatic carbocycles. The fourth-order valence-electron chi connectivity index (χ4n) is 2.11. The highest BCUT2D eigenvalue weighted by atomic mass is 16.7. The molecule has 1 aromatic carbocycles. The first-order valence-corrected chi connectivity index (χ1v) is 6.99. The van der Waals surface area contributed by atoms with Crippen molar-refractivity contribution in [3.05, 3.63) is 36.2 Å². The molecule has 0 saturated heterocycles. The zero-order chi connectivity index (χ0) is 15.9. The van der Waals surface area contributed by atoms with Gasteiger partial charge in [-0.2, -0.15) is 0 Å². The standard InChI is InChI=1S/C16H22N2O4/c1-18(10-15(20-3)21-4)9-13-11-22-16(17-13)12-6-5-7-14(8-12)19-2/h5-8,11,15H,9-10H2,1-4H3. The summed E-state index contributed by atoms with van der Waals surface area (Å²) in [5.41, 5.74) is 1.74. The summed E-state index contributed by atoms with van der Waals surface area (Å²) in [6.45, 7) is 1.30. The predicted molar refractivity (Wildman–Crippen MR) is 82.6 cm³/mol. The first kappa shape index (κ1) is 16.5. The number of hydrogen-bond acceptors (Lipinski definition) is 6. The predicted octanol–water partition coefficient (Wildman–Crippen LogP) is 2.40. The molecule has 2 rings (SSSR count). The molecule has 0 N–H and O–H groups in total. The summed E-state index contributed by atoms with van der Waals surface area (Å²) in [6, 6.07) is 7.63. The molecule has 0 unspecified atom stereocenters. The van der Waals surface area contributed by atoms with Crippen molar-refractivity contribution in [1.82, 2.24) is 9.88 Å². The molecule has 0 bridgehead atoms. The minimum atomic E-state index is -0.255. The molecule has 0 aliphatic rings. The Labute approximate surface area is 130 Å². The summed E-state index contributed by atoms with van der Waals surface area (Å²) in [5, 5.41) is 0. The van der Waals surface area contributed by atoms with Gasteiger partial charge in [0.2, 0.25) is 5.89 Å². The number of aromatic nitrogens is 1. The summed E-state index contributed by atoms with van der Waals surface area (Å²) < 4.78 is 21.1. The third-order valence-corrected chi connectivity index (χ3v) is 3.29. The van der Waals surface area contributed by atoms with Gasteiger partial charge in [-0.1, -0.05) is 6.07 Å². The Bertz CT molecular complexity index is 581. The second kappa shape index (κ2) is 7.93. The van der Waals surface area contributed by atoms with Crippen molar-refractivity contribution in [3.63, 3.8) is 0 Å². The highest BCUT2D eigenvalue weighted by Crippen LogP contribution is 2.23. The summed E-state index contributed by atoms with van der Waals surface area (Å²) in [7, 11) is 6.86. The highest BCUT2D eigenvalue weighted by Gasteiger charge is 2.13. The van der Waals surface area contributed by atoms with Crippen LogP contribution in [0.2, 0.25) is 0 Å². The molecule has 6 nitrogen and oxygen atoms in total. The third kappa shape index (κ3) is 4.30. The Morgan fingerprint density at radius 1 is 1.23 bits per heavy atom. The van der Waals surface area contributed by atoms with Gasteiger partial charge in [-0.05, 0) is 25.2 Å². The Kier molecular flexibility index (Phi) is 5.94. The smallest absolute Gasteiger partial charge is 0.226 e. The molecule has 0 atom stereocenters. The van der Waals surface area contributed by atoms with Gasteiger partial charge < -0.3 is 18.6 Å². The Morgan fingerprint density at radius 2 is 2.00 bits per heavy atom. The molecule has 0 spiro atoms. The first-order valence-electron chi connectivity index (χ1n) is 6.99. The molecule has 0 fully saturated rings. The Hall–Kier alpha value is -1.89. The van der Waals surface area contributed by atoms with Gasteiger partial charge in [0, 0.05) is 32.9 Å². The van der Waals surface area contributed by atoms with Gasteiger partial charge in [-0.15, -0.1) is 0 Å². The first-order chi connectivity index (χ1) is 10.7. The summed E-state index contributed by atoms with van der Waals surface area (Å²) in [5.74, 6) is 1.36. The molecule has 0 aliphatic heterocycles. The van der Waals surface area contributed by atoms with E-state index >= 15 is 0 Å². The molecule has 0 amide bonds. The van der Waals surface area contributed by atoms with E-state index in [1.165, 1.54) is 0 Å². The number of methoxy groups -OCH3 is 3. The van der Waals surface area contributed by atoms with Crippen LogP contribution >= 0.6 is 0 Å². The Balaban J connectivity index is 2.01. The van der Waals surface area contributed by atoms with Crippen molar-refractivity contribution in [2.75, 3.05) is 34.9 Å². The van der Waals surface area contributed by atoms with E-state index in [2.05, 4.69) is 9.88 Å². The van der Waals surface area contributed by atoms with Crippen molar-refractivity contribution in [1.29, 1.82) is 0 Å². The average Bonchev–Trinajstić information content (AvgIpc) is 3.01. The van der Waals surface area contributed by atoms with Gasteiger partial charge in [0.15, 0.2) is 6.29 Å². The van der Waals surface area contributed by atoms with Crippen molar-refractivity contribution < 1.29 is 18.6 Å². The van der Waals surface area contributed by atoms with Crippen molar-refractivity contribution in [2.45, 2.75) is 12.8 Å². The lowest BCUT2D eigenvalue weighted by atomic mass is 10.2. The number of nitrogens with zero attached hydrogens (tertiary/aromatic N) is 2. The average molecular weight is 306 g/mol. The number of oxazole rings is 1. The third-order valence-electron chi connectivity index (χ3n) is 3.29. The van der Waals surface area contributed by atoms with E-state index in [0.717, 1.165) is 17.0 Å². The van der Waals surface area contributed by atoms with Crippen LogP contribution in [0.4, 0.5) is 0 Å². The summed E-state index contributed by atoms with van der Waals surface area (Å²) in [4.78, 5) is 6.57. The van der Waals surface area contributed by atoms with Crippen LogP contribution in [0, 0.1) is 0 Å². The normalized spacial score (nSPS) is 11.4. The molecule has 0 saturated carbocycles. The number of ether oxygens (including phenoxy) is 3. The molecule has 120 valence electrons. The zero-order valence-corrected chi connectivity index (χ0v) is 13.4. The minimum Gasteiger partial charge on any atom is -0.497 e. The summed E-state index contributed by atoms with van der Waals surface area (Å²) in [6.07, 6.45) is 1.41. The molecule has 0 radical (unpaired) electrons. The van der Waals surface area contributed by atoms with Crippen LogP contribution in [-0.2, 0) is 16.0 Å². The lowest BCUT2D eigenvalue weighted by Crippen LogP contribution is -2.31. The van der Waals surface area contributed by atoms with E-state index < -0.39 is 0 Å². The largest absolute Gasteiger partial charge is 0.497 e. The van der Waals surface area contributed by atoms with Gasteiger partial charge in [0.05, 0.1) is 12.8 Å². The topological polar surface area (TPSA) is 57.0 Å². The van der Waals surface area contributed by atoms with Crippen LogP contribution in [0.15, 0.2) is 34.9 Å². The van der Waals surface area contributed by atoms with E-state index in [-0.39, 0.29) is 6.29 Å². The number of rotatable bonds is 8. The minimum absolute atomic E-state index is 0.255. The SMILES string of the molecule is COc1cccc(-c2nc(CN(C)CC(OC)OC)co2)c1. The zero-order valence-electron chi connectivity index (χ0n) is 13.4. The highest BCUT2D eigenvalue weighted by molar-refractivity contribution is 5.55. The van der Waals surface area contributed by atoms with Gasteiger partial charge in [-0.25, -0.2) is 4.98 Å². The molecular formula is C16H22N2O4. The van der Waals surface area contributed by atoms with Crippen molar-refractivity contribution >= 4 is 0 Å². The van der Waals surface area contributed by atoms with Crippen LogP contribution in [0.3, 0.4) is 0 Å². The molecule has 1 aromatic heterocycles. The van der Waals surface area contributed by atoms with Gasteiger partial charge in [0.1, 0.15) is 12.0 Å². The van der Waals surface area contributed by atoms with Gasteiger partial charge >= 0.3 is 0 Å². The van der Waals surface area contributed by atoms with Gasteiger partial charge in [0.25, 0.3) is 0 Å². The maximum atomic E-state index is 5.55. The second-order valence-corrected chi connectivity index (χ2v) is 4.97. The van der Waals surface area contributed by atoms with Crippen LogP contribution in [0.1, 0.15) is 5.69 Å². The quantitative estimate of drug-likeness (QED) is 0.698. The second-order valence-electron chi connectivity index (χ2n) is 4.97. The molecular weight excluding hydrogens is 284 g/mol. The van der Waals surface area contributed by atoms with E-state index in [1.54, 1.807) is 27.6 Å². The monoisotopic (exact) mass is 306 g/mol. The fourth-order valence-corrected chi connectivity index (χ4v) is 2.11. The van der Waals surface area contributed by atoms with E-state index in [9.17, 15) is 0 Å². The van der Waals surface area contributed by atoms with Crippen molar-refractivity contribution in [3.8, 4) is 17.2 Å². The lowest BCUT2D eigenvalue weighted by Gasteiger charge is -2.20. The Morgan fingerprint density at radius 3 is 2.68 bits per heavy atom. The fraction of sp³-hybridized carbons (Fsp3) is 0.438. The molecule has 1 heterocycles. The van der Waals surface area contributed by atoms with Crippen LogP contribution in [-0.4, -0.2) is 51.1 Å². The number of likely N-dealkylation sites (N-methyl/N-ethyl adjacent to an activating group) is 1. The van der Waals surface area contributed by atoms with Crippen LogP contribution in [0.5, 0.6) is 5.75 Å². The van der Waals surface area contributed by atoms with E-state index in [0.29, 0.717) is 19.0 Å². The van der Waals surface area contributed by atoms with Crippen LogP contribution < -0.4 is 4.74 Å². The molecule has 2 aromatic rings. The lowest BCUT2D eigenvalue weighted by molar-refractivity contribution is -0.114. The van der Waals surface area contributed by atoms with Crippen molar-refractivity contribution in [2.24, 2.45) is 0 Å². The van der Waals surface area contributed by atoms with E-state index in [1.807, 2.05) is 31.3 Å². The summed E-state index contributed by atoms with van der Waals surface area (Å²) >= 11 is 0. The maximum absolute atomic E-state index is 5.55. The van der Waals surface area contributed by atoms with Crippen LogP contribution in [0.25, 0.3) is 11.5 Å².